The fraction of sp³-hybridized carbons (Fsp3) is 0.615. The summed E-state index contributed by atoms with van der Waals surface area (Å²) >= 11 is 4.71. The number of nitrogens with zero attached hydrogens (tertiary/aromatic N) is 2. The van der Waals surface area contributed by atoms with E-state index in [0.717, 1.165) is 20.4 Å². The van der Waals surface area contributed by atoms with Crippen molar-refractivity contribution >= 4 is 40.8 Å². The Morgan fingerprint density at radius 1 is 1.25 bits per heavy atom. The summed E-state index contributed by atoms with van der Waals surface area (Å²) in [5.74, 6) is 1.84. The van der Waals surface area contributed by atoms with Crippen molar-refractivity contribution in [3.8, 4) is 0 Å². The third-order valence-electron chi connectivity index (χ3n) is 3.06. The SMILES string of the molecule is NC(=O)CSc1nnc(SCC2CCC=CCCC2)s1. The quantitative estimate of drug-likeness (QED) is 0.640. The zero-order valence-corrected chi connectivity index (χ0v) is 13.7. The van der Waals surface area contributed by atoms with Crippen molar-refractivity contribution in [2.75, 3.05) is 11.5 Å². The van der Waals surface area contributed by atoms with Gasteiger partial charge in [0.25, 0.3) is 0 Å². The van der Waals surface area contributed by atoms with Crippen LogP contribution in [-0.2, 0) is 4.79 Å². The molecule has 0 spiro atoms. The summed E-state index contributed by atoms with van der Waals surface area (Å²) in [4.78, 5) is 10.7. The summed E-state index contributed by atoms with van der Waals surface area (Å²) in [6.07, 6.45) is 10.9. The maximum Gasteiger partial charge on any atom is 0.227 e. The molecule has 20 heavy (non-hydrogen) atoms. The van der Waals surface area contributed by atoms with Crippen LogP contribution in [0, 0.1) is 5.92 Å². The molecule has 7 heteroatoms. The van der Waals surface area contributed by atoms with Gasteiger partial charge in [0, 0.05) is 5.75 Å². The topological polar surface area (TPSA) is 68.9 Å². The van der Waals surface area contributed by atoms with Crippen molar-refractivity contribution in [3.63, 3.8) is 0 Å². The predicted molar refractivity (Wildman–Crippen MR) is 86.3 cm³/mol. The van der Waals surface area contributed by atoms with Gasteiger partial charge in [-0.15, -0.1) is 10.2 Å². The molecule has 1 unspecified atom stereocenters. The first-order valence-electron chi connectivity index (χ1n) is 6.76. The molecule has 2 N–H and O–H groups in total. The maximum atomic E-state index is 10.7. The molecule has 0 radical (unpaired) electrons. The van der Waals surface area contributed by atoms with Crippen molar-refractivity contribution in [2.45, 2.75) is 40.8 Å². The molecular formula is C13H19N3OS3. The van der Waals surface area contributed by atoms with Gasteiger partial charge in [-0.1, -0.05) is 47.0 Å². The Morgan fingerprint density at radius 3 is 2.80 bits per heavy atom. The smallest absolute Gasteiger partial charge is 0.227 e. The predicted octanol–water partition coefficient (Wildman–Crippen LogP) is 3.34. The van der Waals surface area contributed by atoms with Crippen molar-refractivity contribution in [1.82, 2.24) is 10.2 Å². The van der Waals surface area contributed by atoms with Gasteiger partial charge in [-0.2, -0.15) is 0 Å². The summed E-state index contributed by atoms with van der Waals surface area (Å²) in [7, 11) is 0. The molecule has 0 bridgehead atoms. The molecule has 1 amide bonds. The van der Waals surface area contributed by atoms with Crippen molar-refractivity contribution in [3.05, 3.63) is 12.2 Å². The summed E-state index contributed by atoms with van der Waals surface area (Å²) in [6, 6.07) is 0. The molecule has 0 aliphatic heterocycles. The molecular weight excluding hydrogens is 310 g/mol. The Labute approximate surface area is 132 Å². The van der Waals surface area contributed by atoms with E-state index < -0.39 is 0 Å². The number of carbonyl (C=O) groups is 1. The number of primary amides is 1. The first-order valence-corrected chi connectivity index (χ1v) is 9.55. The highest BCUT2D eigenvalue weighted by Crippen LogP contribution is 2.32. The highest BCUT2D eigenvalue weighted by Gasteiger charge is 2.12. The number of nitrogens with two attached hydrogens (primary N) is 1. The Bertz CT molecular complexity index is 461. The average molecular weight is 330 g/mol. The van der Waals surface area contributed by atoms with E-state index in [0.29, 0.717) is 0 Å². The molecule has 0 aromatic carbocycles. The molecule has 1 aliphatic carbocycles. The van der Waals surface area contributed by atoms with Crippen LogP contribution in [0.5, 0.6) is 0 Å². The first-order chi connectivity index (χ1) is 9.74. The third kappa shape index (κ3) is 5.85. The molecule has 1 heterocycles. The fourth-order valence-electron chi connectivity index (χ4n) is 2.04. The second kappa shape index (κ2) is 8.69. The van der Waals surface area contributed by atoms with Crippen LogP contribution in [0.25, 0.3) is 0 Å². The number of aromatic nitrogens is 2. The van der Waals surface area contributed by atoms with Gasteiger partial charge < -0.3 is 5.73 Å². The van der Waals surface area contributed by atoms with Gasteiger partial charge in [0.05, 0.1) is 5.75 Å². The van der Waals surface area contributed by atoms with E-state index >= 15 is 0 Å². The normalized spacial score (nSPS) is 19.5. The van der Waals surface area contributed by atoms with E-state index in [9.17, 15) is 4.79 Å². The zero-order valence-electron chi connectivity index (χ0n) is 11.3. The Balaban J connectivity index is 1.75. The monoisotopic (exact) mass is 329 g/mol. The van der Waals surface area contributed by atoms with E-state index in [1.807, 2.05) is 0 Å². The van der Waals surface area contributed by atoms with Crippen molar-refractivity contribution in [2.24, 2.45) is 11.7 Å². The second-order valence-electron chi connectivity index (χ2n) is 4.75. The van der Waals surface area contributed by atoms with Crippen LogP contribution in [0.4, 0.5) is 0 Å². The Morgan fingerprint density at radius 2 is 2.00 bits per heavy atom. The second-order valence-corrected chi connectivity index (χ2v) is 8.21. The highest BCUT2D eigenvalue weighted by atomic mass is 32.2. The van der Waals surface area contributed by atoms with Crippen molar-refractivity contribution in [1.29, 1.82) is 0 Å². The number of rotatable bonds is 6. The van der Waals surface area contributed by atoms with Gasteiger partial charge in [-0.05, 0) is 38.0 Å². The number of thioether (sulfide) groups is 2. The van der Waals surface area contributed by atoms with Crippen LogP contribution in [-0.4, -0.2) is 27.6 Å². The Hall–Kier alpha value is -0.530. The van der Waals surface area contributed by atoms with Crippen LogP contribution >= 0.6 is 34.9 Å². The zero-order chi connectivity index (χ0) is 14.2. The van der Waals surface area contributed by atoms with E-state index in [1.54, 1.807) is 23.1 Å². The number of amides is 1. The van der Waals surface area contributed by atoms with Gasteiger partial charge >= 0.3 is 0 Å². The van der Waals surface area contributed by atoms with Crippen LogP contribution < -0.4 is 5.73 Å². The summed E-state index contributed by atoms with van der Waals surface area (Å²) < 4.78 is 1.82. The van der Waals surface area contributed by atoms with Gasteiger partial charge in [-0.25, -0.2) is 0 Å². The molecule has 2 rings (SSSR count). The molecule has 0 saturated heterocycles. The largest absolute Gasteiger partial charge is 0.369 e. The Kier molecular flexibility index (Phi) is 6.89. The fourth-order valence-corrected chi connectivity index (χ4v) is 5.01. The molecule has 1 aromatic heterocycles. The summed E-state index contributed by atoms with van der Waals surface area (Å²) in [5.41, 5.74) is 5.12. The third-order valence-corrected chi connectivity index (χ3v) is 6.50. The molecule has 1 atom stereocenters. The van der Waals surface area contributed by atoms with E-state index in [4.69, 9.17) is 5.73 Å². The van der Waals surface area contributed by atoms with Gasteiger partial charge in [0.1, 0.15) is 0 Å². The van der Waals surface area contributed by atoms with Gasteiger partial charge in [-0.3, -0.25) is 4.79 Å². The highest BCUT2D eigenvalue weighted by molar-refractivity contribution is 8.03. The number of hydrogen-bond donors (Lipinski definition) is 1. The van der Waals surface area contributed by atoms with Gasteiger partial charge in [0.2, 0.25) is 5.91 Å². The lowest BCUT2D eigenvalue weighted by Gasteiger charge is -2.15. The molecule has 0 fully saturated rings. The maximum absolute atomic E-state index is 10.7. The van der Waals surface area contributed by atoms with E-state index in [2.05, 4.69) is 22.3 Å². The van der Waals surface area contributed by atoms with Crippen LogP contribution in [0.15, 0.2) is 20.8 Å². The molecule has 1 aliphatic rings. The lowest BCUT2D eigenvalue weighted by molar-refractivity contribution is -0.115. The summed E-state index contributed by atoms with van der Waals surface area (Å²) in [6.45, 7) is 0. The van der Waals surface area contributed by atoms with Gasteiger partial charge in [0.15, 0.2) is 8.68 Å². The molecule has 1 aromatic rings. The van der Waals surface area contributed by atoms with E-state index in [1.165, 1.54) is 43.9 Å². The lowest BCUT2D eigenvalue weighted by atomic mass is 9.96. The van der Waals surface area contributed by atoms with Crippen LogP contribution in [0.3, 0.4) is 0 Å². The number of hydrogen-bond acceptors (Lipinski definition) is 6. The van der Waals surface area contributed by atoms with Crippen molar-refractivity contribution < 1.29 is 4.79 Å². The minimum absolute atomic E-state index is 0.272. The van der Waals surface area contributed by atoms with Crippen LogP contribution in [0.2, 0.25) is 0 Å². The minimum Gasteiger partial charge on any atom is -0.369 e. The number of carbonyl (C=O) groups excluding carboxylic acids is 1. The average Bonchev–Trinajstić information content (AvgIpc) is 2.83. The van der Waals surface area contributed by atoms with Crippen LogP contribution in [0.1, 0.15) is 32.1 Å². The standard InChI is InChI=1S/C13H19N3OS3/c14-11(17)9-19-13-16-15-12(20-13)18-8-10-6-4-2-1-3-5-7-10/h1-2,10H,3-9H2,(H2,14,17). The number of allylic oxidation sites excluding steroid dienone is 2. The molecule has 0 saturated carbocycles. The first kappa shape index (κ1) is 15.9. The summed E-state index contributed by atoms with van der Waals surface area (Å²) in [5, 5.41) is 8.24. The molecule has 110 valence electrons. The lowest BCUT2D eigenvalue weighted by Crippen LogP contribution is -2.12. The van der Waals surface area contributed by atoms with E-state index in [-0.39, 0.29) is 11.7 Å². The molecule has 4 nitrogen and oxygen atoms in total. The minimum atomic E-state index is -0.318.